The van der Waals surface area contributed by atoms with Gasteiger partial charge in [0.1, 0.15) is 11.4 Å². The summed E-state index contributed by atoms with van der Waals surface area (Å²) in [6.45, 7) is 0.896. The molecule has 4 heteroatoms. The zero-order valence-electron chi connectivity index (χ0n) is 15.2. The van der Waals surface area contributed by atoms with Crippen LogP contribution in [0.4, 0.5) is 0 Å². The Bertz CT molecular complexity index is 828. The van der Waals surface area contributed by atoms with Gasteiger partial charge < -0.3 is 15.0 Å². The molecule has 0 unspecified atom stereocenters. The van der Waals surface area contributed by atoms with Crippen LogP contribution in [0.1, 0.15) is 24.0 Å². The van der Waals surface area contributed by atoms with Gasteiger partial charge in [-0.3, -0.25) is 0 Å². The summed E-state index contributed by atoms with van der Waals surface area (Å²) in [4.78, 5) is 2.24. The van der Waals surface area contributed by atoms with Crippen LogP contribution in [0.15, 0.2) is 84.9 Å². The minimum absolute atomic E-state index is 0.0592. The Hall–Kier alpha value is -2.56. The number of hydrogen-bond acceptors (Lipinski definition) is 3. The van der Waals surface area contributed by atoms with Crippen molar-refractivity contribution < 1.29 is 10.2 Å². The summed E-state index contributed by atoms with van der Waals surface area (Å²) in [5, 5.41) is 21.6. The molecule has 3 aromatic carbocycles. The molecule has 1 saturated heterocycles. The van der Waals surface area contributed by atoms with Gasteiger partial charge in [-0.25, -0.2) is 0 Å². The summed E-state index contributed by atoms with van der Waals surface area (Å²) in [5.41, 5.74) is 1.74. The second-order valence-corrected chi connectivity index (χ2v) is 7.11. The van der Waals surface area contributed by atoms with Crippen LogP contribution in [0.25, 0.3) is 0 Å². The molecule has 0 spiro atoms. The van der Waals surface area contributed by atoms with E-state index in [2.05, 4.69) is 12.2 Å². The molecule has 1 aliphatic heterocycles. The van der Waals surface area contributed by atoms with Crippen molar-refractivity contribution in [2.75, 3.05) is 6.54 Å². The van der Waals surface area contributed by atoms with Crippen LogP contribution in [0.5, 0.6) is 5.75 Å². The van der Waals surface area contributed by atoms with Crippen LogP contribution in [0, 0.1) is 0 Å². The van der Waals surface area contributed by atoms with E-state index in [1.54, 1.807) is 12.1 Å². The van der Waals surface area contributed by atoms with E-state index in [4.69, 9.17) is 0 Å². The highest BCUT2D eigenvalue weighted by atomic mass is 16.3. The van der Waals surface area contributed by atoms with Gasteiger partial charge in [0.05, 0.1) is 0 Å². The van der Waals surface area contributed by atoms with Crippen molar-refractivity contribution >= 4 is 12.9 Å². The van der Waals surface area contributed by atoms with Gasteiger partial charge >= 0.3 is 0 Å². The Kier molecular flexibility index (Phi) is 5.02. The summed E-state index contributed by atoms with van der Waals surface area (Å²) in [5.74, 6) is 0.259. The molecule has 3 aromatic rings. The van der Waals surface area contributed by atoms with Gasteiger partial charge in [-0.05, 0) is 42.6 Å². The van der Waals surface area contributed by atoms with Crippen LogP contribution in [-0.2, 0) is 5.60 Å². The number of rotatable bonds is 5. The lowest BCUT2D eigenvalue weighted by atomic mass is 9.73. The smallest absolute Gasteiger partial charge is 0.247 e. The number of aromatic hydroxyl groups is 1. The summed E-state index contributed by atoms with van der Waals surface area (Å²) in [6, 6.07) is 27.0. The highest BCUT2D eigenvalue weighted by Crippen LogP contribution is 2.39. The zero-order chi connectivity index (χ0) is 18.7. The fourth-order valence-electron chi connectivity index (χ4n) is 4.08. The average Bonchev–Trinajstić information content (AvgIpc) is 3.19. The lowest BCUT2D eigenvalue weighted by Crippen LogP contribution is -2.51. The highest BCUT2D eigenvalue weighted by molar-refractivity contribution is 6.50. The Morgan fingerprint density at radius 3 is 1.93 bits per heavy atom. The molecule has 135 valence electrons. The van der Waals surface area contributed by atoms with E-state index in [-0.39, 0.29) is 11.8 Å². The van der Waals surface area contributed by atoms with Crippen LogP contribution in [0.3, 0.4) is 0 Å². The third-order valence-electron chi connectivity index (χ3n) is 5.41. The Morgan fingerprint density at radius 1 is 0.815 bits per heavy atom. The molecule has 3 nitrogen and oxygen atoms in total. The first-order chi connectivity index (χ1) is 13.2. The highest BCUT2D eigenvalue weighted by Gasteiger charge is 2.45. The second-order valence-electron chi connectivity index (χ2n) is 7.11. The van der Waals surface area contributed by atoms with Gasteiger partial charge in [-0.1, -0.05) is 78.3 Å². The molecule has 1 heterocycles. The first-order valence-electron chi connectivity index (χ1n) is 9.41. The largest absolute Gasteiger partial charge is 0.508 e. The maximum absolute atomic E-state index is 12.0. The van der Waals surface area contributed by atoms with Gasteiger partial charge in [-0.15, -0.1) is 0 Å². The van der Waals surface area contributed by atoms with Gasteiger partial charge in [-0.2, -0.15) is 0 Å². The number of phenolic OH excluding ortho intramolecular Hbond substituents is 1. The molecule has 0 amide bonds. The number of nitrogens with zero attached hydrogens (tertiary/aromatic N) is 1. The quantitative estimate of drug-likeness (QED) is 0.691. The van der Waals surface area contributed by atoms with Crippen LogP contribution >= 0.6 is 0 Å². The molecule has 4 rings (SSSR count). The molecule has 0 aliphatic carbocycles. The Balaban J connectivity index is 1.72. The molecule has 1 aliphatic rings. The van der Waals surface area contributed by atoms with Crippen molar-refractivity contribution in [2.24, 2.45) is 0 Å². The molecule has 0 bridgehead atoms. The monoisotopic (exact) mass is 356 g/mol. The summed E-state index contributed by atoms with van der Waals surface area (Å²) < 4.78 is 0. The predicted octanol–water partition coefficient (Wildman–Crippen LogP) is 3.04. The van der Waals surface area contributed by atoms with E-state index in [1.165, 1.54) is 0 Å². The number of benzene rings is 3. The van der Waals surface area contributed by atoms with Gasteiger partial charge in [0.25, 0.3) is 0 Å². The van der Waals surface area contributed by atoms with Crippen LogP contribution < -0.4 is 5.46 Å². The topological polar surface area (TPSA) is 43.7 Å². The molecule has 1 fully saturated rings. The fourth-order valence-corrected chi connectivity index (χ4v) is 4.08. The fraction of sp³-hybridized carbons (Fsp3) is 0.217. The SMILES string of the molecule is Oc1ccc([B]N2CCC[C@@H]2C(O)(c2ccccc2)c2ccccc2)cc1. The van der Waals surface area contributed by atoms with E-state index >= 15 is 0 Å². The minimum Gasteiger partial charge on any atom is -0.508 e. The van der Waals surface area contributed by atoms with Gasteiger partial charge in [0, 0.05) is 6.04 Å². The molecule has 2 N–H and O–H groups in total. The molecule has 27 heavy (non-hydrogen) atoms. The lowest BCUT2D eigenvalue weighted by Gasteiger charge is -2.40. The first kappa shape index (κ1) is 17.8. The third kappa shape index (κ3) is 3.51. The van der Waals surface area contributed by atoms with Crippen molar-refractivity contribution in [2.45, 2.75) is 24.5 Å². The van der Waals surface area contributed by atoms with Crippen LogP contribution in [0.2, 0.25) is 0 Å². The van der Waals surface area contributed by atoms with Gasteiger partial charge in [0.2, 0.25) is 7.41 Å². The van der Waals surface area contributed by atoms with Crippen molar-refractivity contribution in [3.05, 3.63) is 96.1 Å². The standard InChI is InChI=1S/C23H23BNO2/c26-21-15-13-20(14-16-21)24-25-17-7-12-22(25)23(27,18-8-3-1-4-9-18)19-10-5-2-6-11-19/h1-6,8-11,13-16,22,26-27H,7,12,17H2/t22-/m1/s1. The maximum atomic E-state index is 12.0. The molecule has 0 aromatic heterocycles. The van der Waals surface area contributed by atoms with E-state index in [0.717, 1.165) is 36.0 Å². The molecular weight excluding hydrogens is 333 g/mol. The van der Waals surface area contributed by atoms with Crippen molar-refractivity contribution in [1.29, 1.82) is 0 Å². The molecule has 1 radical (unpaired) electrons. The summed E-state index contributed by atoms with van der Waals surface area (Å²) in [7, 11) is 2.09. The van der Waals surface area contributed by atoms with E-state index in [1.807, 2.05) is 72.8 Å². The van der Waals surface area contributed by atoms with Crippen molar-refractivity contribution in [3.8, 4) is 5.75 Å². The second kappa shape index (κ2) is 7.59. The van der Waals surface area contributed by atoms with Gasteiger partial charge in [0.15, 0.2) is 0 Å². The molecule has 0 saturated carbocycles. The van der Waals surface area contributed by atoms with Crippen molar-refractivity contribution in [1.82, 2.24) is 4.81 Å². The molecular formula is C23H23BNO2. The summed E-state index contributed by atoms with van der Waals surface area (Å²) >= 11 is 0. The normalized spacial score (nSPS) is 17.7. The Morgan fingerprint density at radius 2 is 1.37 bits per heavy atom. The van der Waals surface area contributed by atoms with Crippen molar-refractivity contribution in [3.63, 3.8) is 0 Å². The van der Waals surface area contributed by atoms with E-state index in [9.17, 15) is 10.2 Å². The maximum Gasteiger partial charge on any atom is 0.247 e. The lowest BCUT2D eigenvalue weighted by molar-refractivity contribution is 0.0202. The Labute approximate surface area is 161 Å². The molecule has 1 atom stereocenters. The zero-order valence-corrected chi connectivity index (χ0v) is 15.2. The third-order valence-corrected chi connectivity index (χ3v) is 5.41. The number of phenols is 1. The summed E-state index contributed by atoms with van der Waals surface area (Å²) in [6.07, 6.45) is 1.94. The van der Waals surface area contributed by atoms with Crippen LogP contribution in [-0.4, -0.2) is 35.0 Å². The average molecular weight is 356 g/mol. The van der Waals surface area contributed by atoms with E-state index < -0.39 is 5.60 Å². The van der Waals surface area contributed by atoms with E-state index in [0.29, 0.717) is 0 Å². The number of aliphatic hydroxyl groups is 1. The predicted molar refractivity (Wildman–Crippen MR) is 109 cm³/mol. The number of hydrogen-bond donors (Lipinski definition) is 2. The first-order valence-corrected chi connectivity index (χ1v) is 9.41. The minimum atomic E-state index is -1.09.